The molecule has 0 saturated heterocycles. The fraction of sp³-hybridized carbons (Fsp3) is 0.188. The van der Waals surface area contributed by atoms with Gasteiger partial charge >= 0.3 is 0 Å². The second-order valence-electron chi connectivity index (χ2n) is 9.35. The number of hydrogen-bond acceptors (Lipinski definition) is 5. The lowest BCUT2D eigenvalue weighted by molar-refractivity contribution is -0.139. The largest absolute Gasteiger partial charge is 0.497 e. The highest BCUT2D eigenvalue weighted by atomic mass is 32.2. The molecule has 0 saturated carbocycles. The van der Waals surface area contributed by atoms with E-state index < -0.39 is 28.5 Å². The van der Waals surface area contributed by atoms with Gasteiger partial charge in [0.15, 0.2) is 0 Å². The van der Waals surface area contributed by atoms with Gasteiger partial charge in [0.25, 0.3) is 10.0 Å². The van der Waals surface area contributed by atoms with E-state index >= 15 is 0 Å². The number of sulfonamides is 1. The van der Waals surface area contributed by atoms with E-state index in [1.165, 1.54) is 31.2 Å². The third-order valence-electron chi connectivity index (χ3n) is 6.68. The molecule has 0 aliphatic carbocycles. The third-order valence-corrected chi connectivity index (χ3v) is 8.47. The van der Waals surface area contributed by atoms with Crippen LogP contribution < -0.4 is 14.4 Å². The van der Waals surface area contributed by atoms with E-state index in [9.17, 15) is 18.0 Å². The number of anilines is 1. The normalized spacial score (nSPS) is 11.8. The molecule has 4 aromatic rings. The number of ether oxygens (including phenoxy) is 1. The summed E-state index contributed by atoms with van der Waals surface area (Å²) >= 11 is 0. The molecule has 0 aliphatic heterocycles. The molecule has 212 valence electrons. The van der Waals surface area contributed by atoms with Crippen molar-refractivity contribution in [2.24, 2.45) is 0 Å². The van der Waals surface area contributed by atoms with Gasteiger partial charge in [-0.2, -0.15) is 0 Å². The zero-order chi connectivity index (χ0) is 29.2. The highest BCUT2D eigenvalue weighted by Gasteiger charge is 2.34. The highest BCUT2D eigenvalue weighted by Crippen LogP contribution is 2.27. The molecule has 0 radical (unpaired) electrons. The van der Waals surface area contributed by atoms with Crippen molar-refractivity contribution in [1.82, 2.24) is 10.2 Å². The van der Waals surface area contributed by atoms with Crippen molar-refractivity contribution in [2.45, 2.75) is 23.9 Å². The minimum absolute atomic E-state index is 0.0466. The van der Waals surface area contributed by atoms with E-state index in [0.29, 0.717) is 11.4 Å². The Morgan fingerprint density at radius 3 is 1.85 bits per heavy atom. The average molecular weight is 572 g/mol. The van der Waals surface area contributed by atoms with Crippen LogP contribution >= 0.6 is 0 Å². The summed E-state index contributed by atoms with van der Waals surface area (Å²) in [6.45, 7) is -0.398. The maximum Gasteiger partial charge on any atom is 0.264 e. The number of nitrogens with zero attached hydrogens (tertiary/aromatic N) is 2. The quantitative estimate of drug-likeness (QED) is 0.274. The van der Waals surface area contributed by atoms with Crippen LogP contribution in [0.4, 0.5) is 5.69 Å². The van der Waals surface area contributed by atoms with E-state index in [0.717, 1.165) is 15.4 Å². The summed E-state index contributed by atoms with van der Waals surface area (Å²) in [5.41, 5.74) is 1.97. The van der Waals surface area contributed by atoms with Gasteiger partial charge in [-0.1, -0.05) is 78.9 Å². The summed E-state index contributed by atoms with van der Waals surface area (Å²) in [4.78, 5) is 28.9. The number of benzene rings is 4. The number of likely N-dealkylation sites (N-methyl/N-ethyl adjacent to an activating group) is 1. The van der Waals surface area contributed by atoms with Crippen LogP contribution in [-0.2, 0) is 32.6 Å². The standard InChI is InChI=1S/C32H33N3O5S/c1-33-32(37)30(22-25-12-6-3-7-13-25)34(23-26-14-8-4-9-15-26)31(36)24-35(27-18-20-28(40-2)21-19-27)41(38,39)29-16-10-5-11-17-29/h3-21,30H,22-24H2,1-2H3,(H,33,37)/t30-/m1/s1. The van der Waals surface area contributed by atoms with E-state index in [1.54, 1.807) is 42.5 Å². The maximum absolute atomic E-state index is 14.2. The van der Waals surface area contributed by atoms with Gasteiger partial charge in [0.1, 0.15) is 18.3 Å². The van der Waals surface area contributed by atoms with Gasteiger partial charge < -0.3 is 15.0 Å². The van der Waals surface area contributed by atoms with Gasteiger partial charge in [-0.05, 0) is 47.5 Å². The predicted octanol–water partition coefficient (Wildman–Crippen LogP) is 4.28. The maximum atomic E-state index is 14.2. The second kappa shape index (κ2) is 13.6. The molecule has 8 nitrogen and oxygen atoms in total. The van der Waals surface area contributed by atoms with E-state index in [1.807, 2.05) is 60.7 Å². The number of hydrogen-bond donors (Lipinski definition) is 1. The lowest BCUT2D eigenvalue weighted by Gasteiger charge is -2.33. The summed E-state index contributed by atoms with van der Waals surface area (Å²) in [5.74, 6) is -0.320. The molecule has 0 bridgehead atoms. The van der Waals surface area contributed by atoms with Crippen molar-refractivity contribution in [3.63, 3.8) is 0 Å². The zero-order valence-corrected chi connectivity index (χ0v) is 23.8. The van der Waals surface area contributed by atoms with Crippen LogP contribution in [0.3, 0.4) is 0 Å². The van der Waals surface area contributed by atoms with Gasteiger partial charge in [-0.3, -0.25) is 13.9 Å². The molecular formula is C32H33N3O5S. The number of carbonyl (C=O) groups is 2. The number of carbonyl (C=O) groups excluding carboxylic acids is 2. The van der Waals surface area contributed by atoms with Crippen LogP contribution in [0.1, 0.15) is 11.1 Å². The Labute approximate surface area is 241 Å². The first-order chi connectivity index (χ1) is 19.8. The van der Waals surface area contributed by atoms with Crippen molar-refractivity contribution >= 4 is 27.5 Å². The predicted molar refractivity (Wildman–Crippen MR) is 159 cm³/mol. The van der Waals surface area contributed by atoms with Crippen molar-refractivity contribution < 1.29 is 22.7 Å². The van der Waals surface area contributed by atoms with Crippen LogP contribution in [0.15, 0.2) is 120 Å². The Morgan fingerprint density at radius 1 is 0.780 bits per heavy atom. The summed E-state index contributed by atoms with van der Waals surface area (Å²) in [6.07, 6.45) is 0.257. The number of rotatable bonds is 12. The monoisotopic (exact) mass is 571 g/mol. The minimum Gasteiger partial charge on any atom is -0.497 e. The molecule has 0 spiro atoms. The molecule has 41 heavy (non-hydrogen) atoms. The number of nitrogens with one attached hydrogen (secondary N) is 1. The first kappa shape index (κ1) is 29.4. The molecule has 0 aliphatic rings. The molecule has 0 unspecified atom stereocenters. The van der Waals surface area contributed by atoms with Crippen LogP contribution in [0.2, 0.25) is 0 Å². The minimum atomic E-state index is -4.14. The van der Waals surface area contributed by atoms with Crippen LogP contribution in [0, 0.1) is 0 Å². The molecule has 0 fully saturated rings. The van der Waals surface area contributed by atoms with Crippen molar-refractivity contribution in [1.29, 1.82) is 0 Å². The summed E-state index contributed by atoms with van der Waals surface area (Å²) in [5, 5.41) is 2.68. The lowest BCUT2D eigenvalue weighted by atomic mass is 10.0. The van der Waals surface area contributed by atoms with Gasteiger partial charge in [-0.25, -0.2) is 8.42 Å². The summed E-state index contributed by atoms with van der Waals surface area (Å²) in [7, 11) is -1.10. The van der Waals surface area contributed by atoms with Gasteiger partial charge in [0, 0.05) is 20.0 Å². The van der Waals surface area contributed by atoms with Crippen LogP contribution in [-0.4, -0.2) is 51.9 Å². The Balaban J connectivity index is 1.76. The van der Waals surface area contributed by atoms with Crippen LogP contribution in [0.5, 0.6) is 5.75 Å². The van der Waals surface area contributed by atoms with Gasteiger partial charge in [0.05, 0.1) is 17.7 Å². The number of amides is 2. The third kappa shape index (κ3) is 7.32. The molecular weight excluding hydrogens is 538 g/mol. The molecule has 1 N–H and O–H groups in total. The van der Waals surface area contributed by atoms with Crippen molar-refractivity contribution in [3.8, 4) is 5.75 Å². The fourth-order valence-corrected chi connectivity index (χ4v) is 5.93. The van der Waals surface area contributed by atoms with Crippen molar-refractivity contribution in [2.75, 3.05) is 25.0 Å². The first-order valence-electron chi connectivity index (χ1n) is 13.1. The highest BCUT2D eigenvalue weighted by molar-refractivity contribution is 7.92. The Bertz CT molecular complexity index is 1530. The van der Waals surface area contributed by atoms with Crippen molar-refractivity contribution in [3.05, 3.63) is 126 Å². The number of methoxy groups -OCH3 is 1. The molecule has 0 heterocycles. The Hall–Kier alpha value is -4.63. The van der Waals surface area contributed by atoms with Gasteiger partial charge in [-0.15, -0.1) is 0 Å². The summed E-state index contributed by atoms with van der Waals surface area (Å²) in [6, 6.07) is 32.3. The van der Waals surface area contributed by atoms with E-state index in [4.69, 9.17) is 4.74 Å². The fourth-order valence-electron chi connectivity index (χ4n) is 4.50. The molecule has 0 aromatic heterocycles. The Kier molecular flexibility index (Phi) is 9.76. The molecule has 2 amide bonds. The lowest BCUT2D eigenvalue weighted by Crippen LogP contribution is -2.53. The molecule has 4 rings (SSSR count). The smallest absolute Gasteiger partial charge is 0.264 e. The second-order valence-corrected chi connectivity index (χ2v) is 11.2. The van der Waals surface area contributed by atoms with E-state index in [2.05, 4.69) is 5.32 Å². The first-order valence-corrected chi connectivity index (χ1v) is 14.6. The van der Waals surface area contributed by atoms with E-state index in [-0.39, 0.29) is 23.8 Å². The van der Waals surface area contributed by atoms with Gasteiger partial charge in [0.2, 0.25) is 11.8 Å². The Morgan fingerprint density at radius 2 is 1.32 bits per heavy atom. The average Bonchev–Trinajstić information content (AvgIpc) is 3.02. The molecule has 4 aromatic carbocycles. The zero-order valence-electron chi connectivity index (χ0n) is 23.0. The summed E-state index contributed by atoms with van der Waals surface area (Å²) < 4.78 is 34.1. The topological polar surface area (TPSA) is 96.0 Å². The SMILES string of the molecule is CNC(=O)[C@@H](Cc1ccccc1)N(Cc1ccccc1)C(=O)CN(c1ccc(OC)cc1)S(=O)(=O)c1ccccc1. The molecule has 1 atom stereocenters. The molecule has 9 heteroatoms. The van der Waals surface area contributed by atoms with Crippen LogP contribution in [0.25, 0.3) is 0 Å².